The fourth-order valence-electron chi connectivity index (χ4n) is 2.61. The summed E-state index contributed by atoms with van der Waals surface area (Å²) < 4.78 is 0. The highest BCUT2D eigenvalue weighted by molar-refractivity contribution is 6.32. The van der Waals surface area contributed by atoms with Gasteiger partial charge in [-0.2, -0.15) is 0 Å². The van der Waals surface area contributed by atoms with Crippen LogP contribution in [0.5, 0.6) is 0 Å². The standard InChI is InChI=1S/C23H19ClN2O2/c1-16-8-7-12-19(14-16)25-23(28)21(15-18-11-5-6-13-20(18)24)26-22(27)17-9-3-2-4-10-17/h2-15H,1H3,(H,25,28)(H,26,27)/b21-15+. The van der Waals surface area contributed by atoms with Gasteiger partial charge in [-0.25, -0.2) is 0 Å². The number of hydrogen-bond donors (Lipinski definition) is 2. The first-order chi connectivity index (χ1) is 13.5. The van der Waals surface area contributed by atoms with Crippen LogP contribution in [0.15, 0.2) is 84.6 Å². The minimum Gasteiger partial charge on any atom is -0.321 e. The molecule has 0 radical (unpaired) electrons. The first-order valence-electron chi connectivity index (χ1n) is 8.73. The number of amides is 2. The maximum Gasteiger partial charge on any atom is 0.272 e. The second-order valence-electron chi connectivity index (χ2n) is 6.22. The molecule has 0 heterocycles. The van der Waals surface area contributed by atoms with E-state index in [9.17, 15) is 9.59 Å². The van der Waals surface area contributed by atoms with Gasteiger partial charge in [0.15, 0.2) is 0 Å². The number of halogens is 1. The first-order valence-corrected chi connectivity index (χ1v) is 9.11. The van der Waals surface area contributed by atoms with E-state index in [1.54, 1.807) is 54.6 Å². The fraction of sp³-hybridized carbons (Fsp3) is 0.0435. The zero-order chi connectivity index (χ0) is 19.9. The van der Waals surface area contributed by atoms with E-state index in [0.29, 0.717) is 21.8 Å². The molecule has 0 aliphatic rings. The normalized spacial score (nSPS) is 11.0. The van der Waals surface area contributed by atoms with Crippen LogP contribution < -0.4 is 10.6 Å². The monoisotopic (exact) mass is 390 g/mol. The lowest BCUT2D eigenvalue weighted by Gasteiger charge is -2.12. The summed E-state index contributed by atoms with van der Waals surface area (Å²) in [4.78, 5) is 25.4. The number of rotatable bonds is 5. The minimum absolute atomic E-state index is 0.100. The Labute approximate surface area is 168 Å². The van der Waals surface area contributed by atoms with Crippen molar-refractivity contribution in [2.75, 3.05) is 5.32 Å². The van der Waals surface area contributed by atoms with Crippen LogP contribution in [-0.4, -0.2) is 11.8 Å². The summed E-state index contributed by atoms with van der Waals surface area (Å²) in [5.74, 6) is -0.812. The van der Waals surface area contributed by atoms with Gasteiger partial charge in [-0.05, 0) is 54.5 Å². The van der Waals surface area contributed by atoms with Crippen LogP contribution >= 0.6 is 11.6 Å². The topological polar surface area (TPSA) is 58.2 Å². The first kappa shape index (κ1) is 19.4. The number of aryl methyl sites for hydroxylation is 1. The summed E-state index contributed by atoms with van der Waals surface area (Å²) in [5, 5.41) is 5.99. The Balaban J connectivity index is 1.91. The van der Waals surface area contributed by atoms with E-state index in [-0.39, 0.29) is 11.6 Å². The number of anilines is 1. The highest BCUT2D eigenvalue weighted by atomic mass is 35.5. The zero-order valence-corrected chi connectivity index (χ0v) is 16.0. The van der Waals surface area contributed by atoms with Crippen molar-refractivity contribution in [2.45, 2.75) is 6.92 Å². The molecular weight excluding hydrogens is 372 g/mol. The summed E-state index contributed by atoms with van der Waals surface area (Å²) in [6, 6.07) is 23.3. The van der Waals surface area contributed by atoms with Crippen LogP contribution in [0.1, 0.15) is 21.5 Å². The number of carbonyl (C=O) groups is 2. The van der Waals surface area contributed by atoms with Crippen LogP contribution in [-0.2, 0) is 4.79 Å². The molecular formula is C23H19ClN2O2. The van der Waals surface area contributed by atoms with E-state index in [4.69, 9.17) is 11.6 Å². The second kappa shape index (κ2) is 9.02. The van der Waals surface area contributed by atoms with E-state index in [2.05, 4.69) is 10.6 Å². The van der Waals surface area contributed by atoms with Crippen LogP contribution in [0.2, 0.25) is 5.02 Å². The van der Waals surface area contributed by atoms with Gasteiger partial charge < -0.3 is 10.6 Å². The highest BCUT2D eigenvalue weighted by Gasteiger charge is 2.15. The Kier molecular flexibility index (Phi) is 6.25. The van der Waals surface area contributed by atoms with E-state index >= 15 is 0 Å². The van der Waals surface area contributed by atoms with Gasteiger partial charge in [0.1, 0.15) is 5.70 Å². The maximum absolute atomic E-state index is 12.9. The summed E-state index contributed by atoms with van der Waals surface area (Å²) >= 11 is 6.22. The van der Waals surface area contributed by atoms with Gasteiger partial charge in [0, 0.05) is 16.3 Å². The molecule has 0 bridgehead atoms. The quantitative estimate of drug-likeness (QED) is 0.598. The van der Waals surface area contributed by atoms with Gasteiger partial charge in [0.2, 0.25) is 0 Å². The van der Waals surface area contributed by atoms with Crippen molar-refractivity contribution in [1.82, 2.24) is 5.32 Å². The van der Waals surface area contributed by atoms with E-state index in [1.165, 1.54) is 0 Å². The van der Waals surface area contributed by atoms with Gasteiger partial charge in [0.05, 0.1) is 0 Å². The van der Waals surface area contributed by atoms with Crippen LogP contribution in [0.4, 0.5) is 5.69 Å². The second-order valence-corrected chi connectivity index (χ2v) is 6.63. The van der Waals surface area contributed by atoms with Crippen LogP contribution in [0.25, 0.3) is 6.08 Å². The molecule has 5 heteroatoms. The SMILES string of the molecule is Cc1cccc(NC(=O)/C(=C\c2ccccc2Cl)NC(=O)c2ccccc2)c1. The largest absolute Gasteiger partial charge is 0.321 e. The number of hydrogen-bond acceptors (Lipinski definition) is 2. The summed E-state index contributed by atoms with van der Waals surface area (Å²) in [7, 11) is 0. The van der Waals surface area contributed by atoms with Gasteiger partial charge in [0.25, 0.3) is 11.8 Å². The third kappa shape index (κ3) is 5.09. The molecule has 0 saturated heterocycles. The lowest BCUT2D eigenvalue weighted by molar-refractivity contribution is -0.113. The number of carbonyl (C=O) groups excluding carboxylic acids is 2. The van der Waals surface area contributed by atoms with Gasteiger partial charge in [-0.1, -0.05) is 60.1 Å². The molecule has 4 nitrogen and oxygen atoms in total. The van der Waals surface area contributed by atoms with Gasteiger partial charge >= 0.3 is 0 Å². The molecule has 0 atom stereocenters. The van der Waals surface area contributed by atoms with Crippen molar-refractivity contribution in [3.05, 3.63) is 106 Å². The molecule has 140 valence electrons. The fourth-order valence-corrected chi connectivity index (χ4v) is 2.80. The Morgan fingerprint density at radius 1 is 0.893 bits per heavy atom. The summed E-state index contributed by atoms with van der Waals surface area (Å²) in [6.07, 6.45) is 1.56. The molecule has 0 unspecified atom stereocenters. The molecule has 0 aromatic heterocycles. The number of nitrogens with one attached hydrogen (secondary N) is 2. The predicted molar refractivity (Wildman–Crippen MR) is 113 cm³/mol. The lowest BCUT2D eigenvalue weighted by atomic mass is 10.1. The van der Waals surface area contributed by atoms with Gasteiger partial charge in [-0.15, -0.1) is 0 Å². The Morgan fingerprint density at radius 3 is 2.32 bits per heavy atom. The molecule has 0 saturated carbocycles. The smallest absolute Gasteiger partial charge is 0.272 e. The van der Waals surface area contributed by atoms with Crippen LogP contribution in [0.3, 0.4) is 0 Å². The van der Waals surface area contributed by atoms with Crippen LogP contribution in [0, 0.1) is 6.92 Å². The molecule has 3 aromatic carbocycles. The summed E-state index contributed by atoms with van der Waals surface area (Å²) in [6.45, 7) is 1.94. The third-order valence-electron chi connectivity index (χ3n) is 4.01. The number of benzene rings is 3. The maximum atomic E-state index is 12.9. The average molecular weight is 391 g/mol. The predicted octanol–water partition coefficient (Wildman–Crippen LogP) is 5.06. The molecule has 28 heavy (non-hydrogen) atoms. The van der Waals surface area contributed by atoms with Crippen molar-refractivity contribution >= 4 is 35.2 Å². The van der Waals surface area contributed by atoms with Crippen molar-refractivity contribution in [2.24, 2.45) is 0 Å². The third-order valence-corrected chi connectivity index (χ3v) is 4.35. The molecule has 2 N–H and O–H groups in total. The van der Waals surface area contributed by atoms with Crippen molar-refractivity contribution in [1.29, 1.82) is 0 Å². The molecule has 3 rings (SSSR count). The zero-order valence-electron chi connectivity index (χ0n) is 15.3. The Bertz CT molecular complexity index is 1030. The molecule has 0 spiro atoms. The Morgan fingerprint density at radius 2 is 1.61 bits per heavy atom. The Hall–Kier alpha value is -3.37. The van der Waals surface area contributed by atoms with E-state index < -0.39 is 5.91 Å². The molecule has 0 fully saturated rings. The van der Waals surface area contributed by atoms with E-state index in [1.807, 2.05) is 37.3 Å². The van der Waals surface area contributed by atoms with Gasteiger partial charge in [-0.3, -0.25) is 9.59 Å². The van der Waals surface area contributed by atoms with Crippen molar-refractivity contribution in [3.63, 3.8) is 0 Å². The van der Waals surface area contributed by atoms with E-state index in [0.717, 1.165) is 5.56 Å². The highest BCUT2D eigenvalue weighted by Crippen LogP contribution is 2.19. The summed E-state index contributed by atoms with van der Waals surface area (Å²) in [5.41, 5.74) is 2.85. The molecule has 3 aromatic rings. The molecule has 0 aliphatic carbocycles. The average Bonchev–Trinajstić information content (AvgIpc) is 2.69. The molecule has 2 amide bonds. The van der Waals surface area contributed by atoms with Crippen molar-refractivity contribution < 1.29 is 9.59 Å². The molecule has 0 aliphatic heterocycles. The lowest BCUT2D eigenvalue weighted by Crippen LogP contribution is -2.30. The van der Waals surface area contributed by atoms with Crippen molar-refractivity contribution in [3.8, 4) is 0 Å². The minimum atomic E-state index is -0.435.